The molecule has 1 fully saturated rings. The second-order valence-corrected chi connectivity index (χ2v) is 6.63. The Kier molecular flexibility index (Phi) is 4.77. The molecule has 0 radical (unpaired) electrons. The van der Waals surface area contributed by atoms with Crippen LogP contribution in [-0.4, -0.2) is 35.9 Å². The van der Waals surface area contributed by atoms with Crippen LogP contribution in [0.1, 0.15) is 36.0 Å². The largest absolute Gasteiger partial charge is 0.340 e. The fraction of sp³-hybridized carbons (Fsp3) is 0.316. The number of hydrogen-bond donors (Lipinski definition) is 1. The van der Waals surface area contributed by atoms with Crippen molar-refractivity contribution in [2.75, 3.05) is 11.9 Å². The summed E-state index contributed by atoms with van der Waals surface area (Å²) in [4.78, 5) is 19.9. The van der Waals surface area contributed by atoms with Gasteiger partial charge >= 0.3 is 0 Å². The van der Waals surface area contributed by atoms with E-state index >= 15 is 0 Å². The number of imidazole rings is 1. The molecule has 1 aliphatic rings. The van der Waals surface area contributed by atoms with E-state index in [1.54, 1.807) is 24.5 Å². The van der Waals surface area contributed by atoms with Crippen LogP contribution in [0.2, 0.25) is 0 Å². The molecule has 3 aromatic heterocycles. The van der Waals surface area contributed by atoms with E-state index in [1.165, 1.54) is 0 Å². The highest BCUT2D eigenvalue weighted by Gasteiger charge is 2.27. The molecule has 0 bridgehead atoms. The zero-order valence-corrected chi connectivity index (χ0v) is 15.1. The first-order valence-corrected chi connectivity index (χ1v) is 8.88. The third-order valence-electron chi connectivity index (χ3n) is 4.64. The maximum absolute atomic E-state index is 8.84. The number of likely N-dealkylation sites (tertiary alicyclic amines) is 1. The van der Waals surface area contributed by atoms with E-state index in [1.807, 2.05) is 30.1 Å². The predicted molar refractivity (Wildman–Crippen MR) is 99.9 cm³/mol. The Balaban J connectivity index is 1.49. The van der Waals surface area contributed by atoms with Crippen LogP contribution in [0, 0.1) is 11.3 Å². The molecule has 1 N–H and O–H groups in total. The van der Waals surface area contributed by atoms with Crippen LogP contribution < -0.4 is 5.32 Å². The summed E-state index contributed by atoms with van der Waals surface area (Å²) in [5.74, 6) is 0.531. The summed E-state index contributed by atoms with van der Waals surface area (Å²) in [5.41, 5.74) is 3.21. The lowest BCUT2D eigenvalue weighted by Crippen LogP contribution is -2.24. The minimum Gasteiger partial charge on any atom is -0.340 e. The van der Waals surface area contributed by atoms with E-state index < -0.39 is 0 Å². The minimum absolute atomic E-state index is 0.259. The first-order valence-electron chi connectivity index (χ1n) is 8.88. The lowest BCUT2D eigenvalue weighted by molar-refractivity contribution is 0.242. The fourth-order valence-electron chi connectivity index (χ4n) is 3.39. The summed E-state index contributed by atoms with van der Waals surface area (Å²) in [6.45, 7) is 1.85. The Morgan fingerprint density at radius 2 is 2.19 bits per heavy atom. The Morgan fingerprint density at radius 3 is 2.93 bits per heavy atom. The molecule has 3 aromatic rings. The van der Waals surface area contributed by atoms with Crippen molar-refractivity contribution in [2.24, 2.45) is 7.05 Å². The van der Waals surface area contributed by atoms with Crippen LogP contribution in [0.25, 0.3) is 0 Å². The first kappa shape index (κ1) is 17.1. The van der Waals surface area contributed by atoms with Gasteiger partial charge in [-0.1, -0.05) is 0 Å². The highest BCUT2D eigenvalue weighted by molar-refractivity contribution is 5.52. The van der Waals surface area contributed by atoms with Gasteiger partial charge in [0.25, 0.3) is 0 Å². The normalized spacial score (nSPS) is 17.0. The molecule has 0 aromatic carbocycles. The SMILES string of the molecule is Cn1cnc(CN2CCC[C@@H]2c2ccnc(Nc3ccc(C#N)nc3)n2)c1. The number of nitriles is 1. The zero-order valence-electron chi connectivity index (χ0n) is 15.1. The van der Waals surface area contributed by atoms with Gasteiger partial charge in [0.1, 0.15) is 11.8 Å². The van der Waals surface area contributed by atoms with Crippen molar-refractivity contribution in [3.8, 4) is 6.07 Å². The summed E-state index contributed by atoms with van der Waals surface area (Å²) >= 11 is 0. The van der Waals surface area contributed by atoms with E-state index in [0.717, 1.165) is 43.0 Å². The van der Waals surface area contributed by atoms with Crippen LogP contribution in [0.5, 0.6) is 0 Å². The average Bonchev–Trinajstić information content (AvgIpc) is 3.32. The molecule has 8 nitrogen and oxygen atoms in total. The summed E-state index contributed by atoms with van der Waals surface area (Å²) in [7, 11) is 1.98. The molecular weight excluding hydrogens is 340 g/mol. The third-order valence-corrected chi connectivity index (χ3v) is 4.64. The smallest absolute Gasteiger partial charge is 0.227 e. The molecule has 1 aliphatic heterocycles. The number of nitrogens with zero attached hydrogens (tertiary/aromatic N) is 7. The van der Waals surface area contributed by atoms with Crippen LogP contribution in [0.4, 0.5) is 11.6 Å². The molecule has 1 saturated heterocycles. The van der Waals surface area contributed by atoms with Gasteiger partial charge in [-0.3, -0.25) is 4.90 Å². The van der Waals surface area contributed by atoms with Gasteiger partial charge in [0.15, 0.2) is 0 Å². The molecule has 0 spiro atoms. The van der Waals surface area contributed by atoms with Gasteiger partial charge in [-0.2, -0.15) is 5.26 Å². The molecule has 0 saturated carbocycles. The molecular formula is C19H20N8. The Morgan fingerprint density at radius 1 is 1.26 bits per heavy atom. The Bertz CT molecular complexity index is 956. The predicted octanol–water partition coefficient (Wildman–Crippen LogP) is 2.56. The van der Waals surface area contributed by atoms with Crippen molar-refractivity contribution in [3.63, 3.8) is 0 Å². The van der Waals surface area contributed by atoms with E-state index in [9.17, 15) is 0 Å². The average molecular weight is 360 g/mol. The highest BCUT2D eigenvalue weighted by atomic mass is 15.2. The number of pyridine rings is 1. The van der Waals surface area contributed by atoms with Crippen molar-refractivity contribution in [3.05, 3.63) is 60.2 Å². The molecule has 1 atom stereocenters. The van der Waals surface area contributed by atoms with E-state index in [4.69, 9.17) is 10.2 Å². The van der Waals surface area contributed by atoms with Crippen molar-refractivity contribution in [2.45, 2.75) is 25.4 Å². The van der Waals surface area contributed by atoms with Crippen LogP contribution in [0.3, 0.4) is 0 Å². The summed E-state index contributed by atoms with van der Waals surface area (Å²) in [5, 5.41) is 12.0. The van der Waals surface area contributed by atoms with Crippen molar-refractivity contribution >= 4 is 11.6 Å². The van der Waals surface area contributed by atoms with Crippen LogP contribution >= 0.6 is 0 Å². The summed E-state index contributed by atoms with van der Waals surface area (Å²) in [6, 6.07) is 7.70. The first-order chi connectivity index (χ1) is 13.2. The van der Waals surface area contributed by atoms with Gasteiger partial charge in [0.05, 0.1) is 35.6 Å². The standard InChI is InChI=1S/C19H20N8/c1-26-11-16(23-13-26)12-27-8-2-3-18(27)17-6-7-21-19(25-17)24-15-5-4-14(9-20)22-10-15/h4-7,10-11,13,18H,2-3,8,12H2,1H3,(H,21,24,25)/t18-/m1/s1. The maximum Gasteiger partial charge on any atom is 0.227 e. The lowest BCUT2D eigenvalue weighted by Gasteiger charge is -2.23. The second-order valence-electron chi connectivity index (χ2n) is 6.63. The lowest BCUT2D eigenvalue weighted by atomic mass is 10.1. The fourth-order valence-corrected chi connectivity index (χ4v) is 3.39. The van der Waals surface area contributed by atoms with Gasteiger partial charge < -0.3 is 9.88 Å². The zero-order chi connectivity index (χ0) is 18.6. The van der Waals surface area contributed by atoms with Crippen LogP contribution in [-0.2, 0) is 13.6 Å². The monoisotopic (exact) mass is 360 g/mol. The topological polar surface area (TPSA) is 95.6 Å². The van der Waals surface area contributed by atoms with E-state index in [-0.39, 0.29) is 6.04 Å². The molecule has 4 rings (SSSR count). The van der Waals surface area contributed by atoms with Gasteiger partial charge in [-0.25, -0.2) is 19.9 Å². The number of anilines is 2. The number of aryl methyl sites for hydroxylation is 1. The summed E-state index contributed by atoms with van der Waals surface area (Å²) in [6.07, 6.45) is 9.49. The van der Waals surface area contributed by atoms with E-state index in [0.29, 0.717) is 11.6 Å². The minimum atomic E-state index is 0.259. The van der Waals surface area contributed by atoms with Crippen molar-refractivity contribution in [1.29, 1.82) is 5.26 Å². The third kappa shape index (κ3) is 3.93. The number of hydrogen-bond acceptors (Lipinski definition) is 7. The summed E-state index contributed by atoms with van der Waals surface area (Å²) < 4.78 is 1.97. The number of aromatic nitrogens is 5. The molecule has 4 heterocycles. The van der Waals surface area contributed by atoms with Crippen molar-refractivity contribution in [1.82, 2.24) is 29.4 Å². The Hall–Kier alpha value is -3.31. The molecule has 0 unspecified atom stereocenters. The quantitative estimate of drug-likeness (QED) is 0.747. The highest BCUT2D eigenvalue weighted by Crippen LogP contribution is 2.32. The van der Waals surface area contributed by atoms with E-state index in [2.05, 4.69) is 31.4 Å². The molecule has 136 valence electrons. The molecule has 0 aliphatic carbocycles. The molecule has 27 heavy (non-hydrogen) atoms. The molecule has 8 heteroatoms. The maximum atomic E-state index is 8.84. The Labute approximate surface area is 157 Å². The van der Waals surface area contributed by atoms with Gasteiger partial charge in [-0.05, 0) is 37.6 Å². The van der Waals surface area contributed by atoms with Crippen LogP contribution in [0.15, 0.2) is 43.1 Å². The number of rotatable bonds is 5. The van der Waals surface area contributed by atoms with Gasteiger partial charge in [0, 0.05) is 26.0 Å². The second kappa shape index (κ2) is 7.51. The van der Waals surface area contributed by atoms with Gasteiger partial charge in [0.2, 0.25) is 5.95 Å². The number of nitrogens with one attached hydrogen (secondary N) is 1. The van der Waals surface area contributed by atoms with Crippen molar-refractivity contribution < 1.29 is 0 Å². The van der Waals surface area contributed by atoms with Gasteiger partial charge in [-0.15, -0.1) is 0 Å². The molecule has 0 amide bonds.